The van der Waals surface area contributed by atoms with Gasteiger partial charge in [0, 0.05) is 32.0 Å². The van der Waals surface area contributed by atoms with Crippen LogP contribution in [0, 0.1) is 5.92 Å². The van der Waals surface area contributed by atoms with Crippen LogP contribution in [-0.4, -0.2) is 50.4 Å². The molecule has 2 aromatic rings. The van der Waals surface area contributed by atoms with Crippen LogP contribution < -0.4 is 5.32 Å². The number of rotatable bonds is 6. The van der Waals surface area contributed by atoms with Crippen LogP contribution in [0.2, 0.25) is 0 Å². The molecule has 3 rings (SSSR count). The van der Waals surface area contributed by atoms with Crippen molar-refractivity contribution in [1.82, 2.24) is 30.2 Å². The fourth-order valence-corrected chi connectivity index (χ4v) is 3.03. The Hall–Kier alpha value is -2.28. The van der Waals surface area contributed by atoms with E-state index in [4.69, 9.17) is 0 Å². The van der Waals surface area contributed by atoms with Crippen LogP contribution in [-0.2, 0) is 13.1 Å². The van der Waals surface area contributed by atoms with Crippen molar-refractivity contribution < 1.29 is 4.79 Å². The summed E-state index contributed by atoms with van der Waals surface area (Å²) in [6.45, 7) is 6.06. The Bertz CT molecular complexity index is 650. The smallest absolute Gasteiger partial charge is 0.276 e. The molecule has 0 bridgehead atoms. The number of hydrogen-bond acceptors (Lipinski definition) is 5. The van der Waals surface area contributed by atoms with Gasteiger partial charge in [-0.2, -0.15) is 0 Å². The molecule has 1 fully saturated rings. The van der Waals surface area contributed by atoms with Crippen molar-refractivity contribution in [3.63, 3.8) is 0 Å². The van der Waals surface area contributed by atoms with Gasteiger partial charge in [0.05, 0.1) is 6.20 Å². The average Bonchev–Trinajstić information content (AvgIpc) is 3.09. The van der Waals surface area contributed by atoms with Crippen LogP contribution in [0.5, 0.6) is 0 Å². The molecule has 0 radical (unpaired) electrons. The molecule has 1 aliphatic rings. The van der Waals surface area contributed by atoms with Crippen LogP contribution >= 0.6 is 0 Å². The minimum absolute atomic E-state index is 0.0812. The summed E-state index contributed by atoms with van der Waals surface area (Å²) in [5.41, 5.74) is 1.47. The van der Waals surface area contributed by atoms with Crippen LogP contribution in [0.3, 0.4) is 0 Å². The summed E-state index contributed by atoms with van der Waals surface area (Å²) >= 11 is 0. The van der Waals surface area contributed by atoms with E-state index in [1.165, 1.54) is 12.8 Å². The normalized spacial score (nSPS) is 17.6. The van der Waals surface area contributed by atoms with E-state index in [0.29, 0.717) is 24.7 Å². The number of carbonyl (C=O) groups excluding carboxylic acids is 1. The fraction of sp³-hybridized carbons (Fsp3) is 0.529. The number of nitrogens with zero attached hydrogens (tertiary/aromatic N) is 5. The average molecular weight is 328 g/mol. The zero-order chi connectivity index (χ0) is 16.8. The molecule has 128 valence electrons. The first-order valence-corrected chi connectivity index (χ1v) is 8.55. The van der Waals surface area contributed by atoms with E-state index in [9.17, 15) is 4.79 Å². The molecule has 7 nitrogen and oxygen atoms in total. The Kier molecular flexibility index (Phi) is 5.53. The van der Waals surface area contributed by atoms with Crippen molar-refractivity contribution in [3.05, 3.63) is 42.0 Å². The molecule has 1 N–H and O–H groups in total. The predicted molar refractivity (Wildman–Crippen MR) is 90.3 cm³/mol. The maximum Gasteiger partial charge on any atom is 0.276 e. The highest BCUT2D eigenvalue weighted by molar-refractivity contribution is 5.91. The lowest BCUT2D eigenvalue weighted by atomic mass is 10.00. The van der Waals surface area contributed by atoms with Gasteiger partial charge < -0.3 is 10.2 Å². The first-order valence-electron chi connectivity index (χ1n) is 8.55. The van der Waals surface area contributed by atoms with E-state index in [1.54, 1.807) is 28.2 Å². The second kappa shape index (κ2) is 8.01. The molecule has 7 heteroatoms. The number of aromatic nitrogens is 4. The van der Waals surface area contributed by atoms with Crippen LogP contribution in [0.15, 0.2) is 30.7 Å². The molecular weight excluding hydrogens is 304 g/mol. The van der Waals surface area contributed by atoms with Gasteiger partial charge >= 0.3 is 0 Å². The Labute approximate surface area is 142 Å². The summed E-state index contributed by atoms with van der Waals surface area (Å²) in [4.78, 5) is 18.4. The van der Waals surface area contributed by atoms with Gasteiger partial charge in [0.1, 0.15) is 0 Å². The van der Waals surface area contributed by atoms with E-state index in [0.717, 1.165) is 25.2 Å². The molecule has 3 heterocycles. The van der Waals surface area contributed by atoms with E-state index < -0.39 is 0 Å². The number of pyridine rings is 1. The number of amides is 1. The molecule has 0 saturated carbocycles. The van der Waals surface area contributed by atoms with Crippen molar-refractivity contribution in [2.75, 3.05) is 19.6 Å². The van der Waals surface area contributed by atoms with Crippen molar-refractivity contribution in [2.45, 2.75) is 32.9 Å². The van der Waals surface area contributed by atoms with Gasteiger partial charge in [-0.3, -0.25) is 14.5 Å². The monoisotopic (exact) mass is 328 g/mol. The van der Waals surface area contributed by atoms with Gasteiger partial charge in [-0.1, -0.05) is 5.21 Å². The van der Waals surface area contributed by atoms with Crippen molar-refractivity contribution >= 4 is 5.91 Å². The zero-order valence-electron chi connectivity index (χ0n) is 14.1. The summed E-state index contributed by atoms with van der Waals surface area (Å²) in [7, 11) is 0. The van der Waals surface area contributed by atoms with Crippen molar-refractivity contribution in [1.29, 1.82) is 0 Å². The van der Waals surface area contributed by atoms with E-state index in [1.807, 2.05) is 19.1 Å². The fourth-order valence-electron chi connectivity index (χ4n) is 3.03. The Morgan fingerprint density at radius 1 is 1.42 bits per heavy atom. The second-order valence-electron chi connectivity index (χ2n) is 6.21. The van der Waals surface area contributed by atoms with Crippen molar-refractivity contribution in [2.24, 2.45) is 5.92 Å². The second-order valence-corrected chi connectivity index (χ2v) is 6.21. The third-order valence-electron chi connectivity index (χ3n) is 4.39. The lowest BCUT2D eigenvalue weighted by molar-refractivity contribution is 0.0746. The number of carbonyl (C=O) groups is 1. The molecule has 0 spiro atoms. The third-order valence-corrected chi connectivity index (χ3v) is 4.39. The van der Waals surface area contributed by atoms with E-state index in [-0.39, 0.29) is 5.91 Å². The Morgan fingerprint density at radius 3 is 2.96 bits per heavy atom. The van der Waals surface area contributed by atoms with Gasteiger partial charge in [-0.25, -0.2) is 0 Å². The van der Waals surface area contributed by atoms with Crippen molar-refractivity contribution in [3.8, 4) is 0 Å². The highest BCUT2D eigenvalue weighted by Gasteiger charge is 2.20. The standard InChI is InChI=1S/C17H24N6O/c1-2-22(11-14-5-8-18-9-6-14)17(24)16-13-23(21-20-16)12-15-4-3-7-19-10-15/h5-6,8-9,13,15,19H,2-4,7,10-12H2,1H3/t15-/m0/s1. The molecule has 1 amide bonds. The number of hydrogen-bond donors (Lipinski definition) is 1. The van der Waals surface area contributed by atoms with Gasteiger partial charge in [-0.05, 0) is 56.5 Å². The first kappa shape index (κ1) is 16.6. The molecule has 0 aliphatic carbocycles. The van der Waals surface area contributed by atoms with Gasteiger partial charge in [-0.15, -0.1) is 5.10 Å². The minimum Gasteiger partial charge on any atom is -0.333 e. The maximum absolute atomic E-state index is 12.7. The molecule has 1 saturated heterocycles. The maximum atomic E-state index is 12.7. The topological polar surface area (TPSA) is 75.9 Å². The molecule has 1 aliphatic heterocycles. The van der Waals surface area contributed by atoms with Crippen LogP contribution in [0.4, 0.5) is 0 Å². The van der Waals surface area contributed by atoms with Gasteiger partial charge in [0.2, 0.25) is 0 Å². The Balaban J connectivity index is 1.63. The van der Waals surface area contributed by atoms with Gasteiger partial charge in [0.25, 0.3) is 5.91 Å². The summed E-state index contributed by atoms with van der Waals surface area (Å²) < 4.78 is 1.80. The van der Waals surface area contributed by atoms with Crippen LogP contribution in [0.1, 0.15) is 35.8 Å². The number of nitrogens with one attached hydrogen (secondary N) is 1. The summed E-state index contributed by atoms with van der Waals surface area (Å²) in [6.07, 6.45) is 7.64. The third kappa shape index (κ3) is 4.17. The molecule has 24 heavy (non-hydrogen) atoms. The highest BCUT2D eigenvalue weighted by atomic mass is 16.2. The zero-order valence-corrected chi connectivity index (χ0v) is 14.1. The van der Waals surface area contributed by atoms with E-state index in [2.05, 4.69) is 20.6 Å². The summed E-state index contributed by atoms with van der Waals surface area (Å²) in [6, 6.07) is 3.84. The molecule has 0 unspecified atom stereocenters. The summed E-state index contributed by atoms with van der Waals surface area (Å²) in [5.74, 6) is 0.477. The lowest BCUT2D eigenvalue weighted by Crippen LogP contribution is -2.32. The quantitative estimate of drug-likeness (QED) is 0.866. The largest absolute Gasteiger partial charge is 0.333 e. The number of piperidine rings is 1. The summed E-state index contributed by atoms with van der Waals surface area (Å²) in [5, 5.41) is 11.6. The SMILES string of the molecule is CCN(Cc1ccncc1)C(=O)c1cn(C[C@H]2CCCNC2)nn1. The first-order chi connectivity index (χ1) is 11.8. The van der Waals surface area contributed by atoms with Gasteiger partial charge in [0.15, 0.2) is 5.69 Å². The lowest BCUT2D eigenvalue weighted by Gasteiger charge is -2.22. The highest BCUT2D eigenvalue weighted by Crippen LogP contribution is 2.13. The molecule has 2 aromatic heterocycles. The predicted octanol–water partition coefficient (Wildman–Crippen LogP) is 1.33. The van der Waals surface area contributed by atoms with Crippen LogP contribution in [0.25, 0.3) is 0 Å². The molecular formula is C17H24N6O. The minimum atomic E-state index is -0.0812. The Morgan fingerprint density at radius 2 is 2.25 bits per heavy atom. The molecule has 1 atom stereocenters. The van der Waals surface area contributed by atoms with E-state index >= 15 is 0 Å². The molecule has 0 aromatic carbocycles.